The fourth-order valence-corrected chi connectivity index (χ4v) is 4.05. The van der Waals surface area contributed by atoms with Gasteiger partial charge in [-0.3, -0.25) is 0 Å². The van der Waals surface area contributed by atoms with Crippen LogP contribution in [0.25, 0.3) is 43.8 Å². The van der Waals surface area contributed by atoms with Gasteiger partial charge in [0.25, 0.3) is 0 Å². The van der Waals surface area contributed by atoms with Crippen molar-refractivity contribution in [3.8, 4) is 22.3 Å². The lowest BCUT2D eigenvalue weighted by atomic mass is 9.88. The average Bonchev–Trinajstić information content (AvgIpc) is 2.89. The Kier molecular flexibility index (Phi) is 2.31. The number of rotatable bonds is 2. The monoisotopic (exact) mass is 417 g/mol. The summed E-state index contributed by atoms with van der Waals surface area (Å²) in [6.07, 6.45) is 0. The van der Waals surface area contributed by atoms with E-state index < -0.39 is 18.1 Å². The Morgan fingerprint density at radius 1 is 0.556 bits per heavy atom. The number of benzene rings is 5. The van der Waals surface area contributed by atoms with Gasteiger partial charge in [-0.1, -0.05) is 103 Å². The van der Waals surface area contributed by atoms with Crippen LogP contribution in [-0.4, -0.2) is 0 Å². The van der Waals surface area contributed by atoms with Gasteiger partial charge in [-0.2, -0.15) is 0 Å². The molecule has 0 heterocycles. The molecule has 0 fully saturated rings. The highest BCUT2D eigenvalue weighted by Crippen LogP contribution is 2.44. The van der Waals surface area contributed by atoms with Gasteiger partial charge in [-0.05, 0) is 59.7 Å². The Bertz CT molecular complexity index is 1720. The summed E-state index contributed by atoms with van der Waals surface area (Å²) >= 11 is 3.57. The van der Waals surface area contributed by atoms with Gasteiger partial charge < -0.3 is 0 Å². The summed E-state index contributed by atoms with van der Waals surface area (Å²) in [5.74, 6) is 0. The minimum absolute atomic E-state index is 0.0255. The van der Waals surface area contributed by atoms with E-state index in [0.717, 1.165) is 5.39 Å². The van der Waals surface area contributed by atoms with E-state index in [0.29, 0.717) is 31.9 Å². The van der Waals surface area contributed by atoms with Crippen LogP contribution in [0.4, 0.5) is 0 Å². The Hall–Kier alpha value is -2.90. The van der Waals surface area contributed by atoms with Crippen LogP contribution in [0.3, 0.4) is 0 Å². The van der Waals surface area contributed by atoms with E-state index >= 15 is 0 Å². The number of hydrogen-bond donors (Lipinski definition) is 0. The topological polar surface area (TPSA) is 0 Å². The molecule has 0 saturated carbocycles. The third kappa shape index (κ3) is 2.67. The lowest BCUT2D eigenvalue weighted by Crippen LogP contribution is -1.90. The molecule has 0 atom stereocenters. The van der Waals surface area contributed by atoms with Crippen molar-refractivity contribution < 1.29 is 12.3 Å². The van der Waals surface area contributed by atoms with E-state index in [-0.39, 0.29) is 47.2 Å². The summed E-state index contributed by atoms with van der Waals surface area (Å²) in [6, 6.07) is 11.0. The molecule has 5 aromatic carbocycles. The number of halogens is 1. The van der Waals surface area contributed by atoms with Crippen LogP contribution in [0.5, 0.6) is 0 Å². The molecule has 1 heteroatoms. The van der Waals surface area contributed by atoms with Crippen LogP contribution in [-0.2, 0) is 0 Å². The largest absolute Gasteiger partial charge is 0.0630 e. The molecule has 128 valence electrons. The maximum Gasteiger partial charge on any atom is 0.0630 e. The summed E-state index contributed by atoms with van der Waals surface area (Å²) in [6.45, 7) is 0. The molecule has 0 bridgehead atoms. The third-order valence-corrected chi connectivity index (χ3v) is 5.38. The van der Waals surface area contributed by atoms with Gasteiger partial charge in [0, 0.05) is 4.47 Å². The highest BCUT2D eigenvalue weighted by atomic mass is 79.9. The zero-order valence-corrected chi connectivity index (χ0v) is 15.6. The Balaban J connectivity index is 2.06. The standard InChI is InChI=1S/C26H17Br/c27-26-23-16-8-6-14-21(23)25(22-15-7-9-17-24(22)26)20-13-5-4-12-19(20)18-10-2-1-3-11-18/h1-17H/i1D,2D,3D,6D,8D,10D,11D,14D,16D. The van der Waals surface area contributed by atoms with E-state index in [1.54, 1.807) is 24.3 Å². The van der Waals surface area contributed by atoms with Gasteiger partial charge in [0.05, 0.1) is 12.3 Å². The van der Waals surface area contributed by atoms with Gasteiger partial charge in [-0.15, -0.1) is 0 Å². The van der Waals surface area contributed by atoms with Crippen molar-refractivity contribution >= 4 is 37.5 Å². The van der Waals surface area contributed by atoms with Crippen LogP contribution < -0.4 is 0 Å². The van der Waals surface area contributed by atoms with Crippen molar-refractivity contribution in [2.45, 2.75) is 0 Å². The summed E-state index contributed by atoms with van der Waals surface area (Å²) in [7, 11) is 0. The maximum absolute atomic E-state index is 8.77. The van der Waals surface area contributed by atoms with Gasteiger partial charge in [0.1, 0.15) is 0 Å². The van der Waals surface area contributed by atoms with E-state index in [4.69, 9.17) is 12.3 Å². The van der Waals surface area contributed by atoms with Crippen LogP contribution in [0.15, 0.2) is 107 Å². The molecule has 5 aromatic rings. The van der Waals surface area contributed by atoms with Crippen LogP contribution >= 0.6 is 15.9 Å². The molecule has 27 heavy (non-hydrogen) atoms. The second-order valence-corrected chi connectivity index (χ2v) is 6.82. The predicted octanol–water partition coefficient (Wildman–Crippen LogP) is 8.09. The first kappa shape index (κ1) is 9.34. The van der Waals surface area contributed by atoms with Gasteiger partial charge in [0.2, 0.25) is 0 Å². The smallest absolute Gasteiger partial charge is 0.0622 e. The van der Waals surface area contributed by atoms with E-state index in [2.05, 4.69) is 15.9 Å². The van der Waals surface area contributed by atoms with Crippen molar-refractivity contribution in [2.24, 2.45) is 0 Å². The highest BCUT2D eigenvalue weighted by Gasteiger charge is 2.16. The van der Waals surface area contributed by atoms with Crippen LogP contribution in [0, 0.1) is 0 Å². The molecule has 5 rings (SSSR count). The molecule has 0 aliphatic rings. The van der Waals surface area contributed by atoms with Crippen molar-refractivity contribution in [3.05, 3.63) is 107 Å². The average molecular weight is 418 g/mol. The first-order chi connectivity index (χ1) is 17.1. The molecule has 0 amide bonds. The molecule has 0 N–H and O–H groups in total. The molecule has 0 aromatic heterocycles. The summed E-state index contributed by atoms with van der Waals surface area (Å²) in [4.78, 5) is 0. The maximum atomic E-state index is 8.77. The van der Waals surface area contributed by atoms with Crippen molar-refractivity contribution in [1.29, 1.82) is 0 Å². The second-order valence-electron chi connectivity index (χ2n) is 6.03. The molecule has 0 aliphatic heterocycles. The van der Waals surface area contributed by atoms with Crippen LogP contribution in [0.1, 0.15) is 12.3 Å². The van der Waals surface area contributed by atoms with Gasteiger partial charge >= 0.3 is 0 Å². The molecule has 0 aliphatic carbocycles. The van der Waals surface area contributed by atoms with Crippen molar-refractivity contribution in [2.75, 3.05) is 0 Å². The second kappa shape index (κ2) is 6.68. The zero-order chi connectivity index (χ0) is 26.0. The van der Waals surface area contributed by atoms with E-state index in [1.165, 1.54) is 0 Å². The Morgan fingerprint density at radius 3 is 1.93 bits per heavy atom. The van der Waals surface area contributed by atoms with Crippen molar-refractivity contribution in [3.63, 3.8) is 0 Å². The first-order valence-corrected chi connectivity index (χ1v) is 9.14. The lowest BCUT2D eigenvalue weighted by Gasteiger charge is -2.17. The number of hydrogen-bond acceptors (Lipinski definition) is 0. The quantitative estimate of drug-likeness (QED) is 0.254. The lowest BCUT2D eigenvalue weighted by molar-refractivity contribution is 1.61. The molecular formula is C26H17Br. The molecular weight excluding hydrogens is 392 g/mol. The zero-order valence-electron chi connectivity index (χ0n) is 23.0. The molecule has 0 radical (unpaired) electrons. The van der Waals surface area contributed by atoms with E-state index in [9.17, 15) is 0 Å². The molecule has 0 spiro atoms. The SMILES string of the molecule is [2H]c1c([2H])c([2H])c(-c2ccccc2-c2c3ccccc3c(Br)c3c([2H])c([2H])c([2H])c([2H])c23)c([2H])c1[2H]. The first-order valence-electron chi connectivity index (χ1n) is 12.8. The molecule has 0 nitrogen and oxygen atoms in total. The van der Waals surface area contributed by atoms with Crippen LogP contribution in [0.2, 0.25) is 0 Å². The summed E-state index contributed by atoms with van der Waals surface area (Å²) < 4.78 is 75.8. The summed E-state index contributed by atoms with van der Waals surface area (Å²) in [5, 5.41) is 2.01. The van der Waals surface area contributed by atoms with Gasteiger partial charge in [-0.25, -0.2) is 0 Å². The Labute approximate surface area is 179 Å². The Morgan fingerprint density at radius 2 is 1.15 bits per heavy atom. The molecule has 0 saturated heterocycles. The predicted molar refractivity (Wildman–Crippen MR) is 120 cm³/mol. The minimum atomic E-state index is -0.486. The molecule has 0 unspecified atom stereocenters. The normalized spacial score (nSPS) is 15.8. The van der Waals surface area contributed by atoms with Gasteiger partial charge in [0.15, 0.2) is 0 Å². The minimum Gasteiger partial charge on any atom is -0.0622 e. The third-order valence-electron chi connectivity index (χ3n) is 4.56. The van der Waals surface area contributed by atoms with E-state index in [1.807, 2.05) is 24.3 Å². The van der Waals surface area contributed by atoms with Crippen molar-refractivity contribution in [1.82, 2.24) is 0 Å². The fraction of sp³-hybridized carbons (Fsp3) is 0. The number of fused-ring (bicyclic) bond motifs is 2. The highest BCUT2D eigenvalue weighted by molar-refractivity contribution is 9.10. The summed E-state index contributed by atoms with van der Waals surface area (Å²) in [5.41, 5.74) is 1.39. The fourth-order valence-electron chi connectivity index (χ4n) is 3.41.